The third-order valence-corrected chi connectivity index (χ3v) is 4.99. The van der Waals surface area contributed by atoms with E-state index in [0.717, 1.165) is 31.6 Å². The fraction of sp³-hybridized carbons (Fsp3) is 0.600. The van der Waals surface area contributed by atoms with Crippen molar-refractivity contribution in [1.82, 2.24) is 15.1 Å². The van der Waals surface area contributed by atoms with E-state index in [1.54, 1.807) is 0 Å². The summed E-state index contributed by atoms with van der Waals surface area (Å²) in [5.41, 5.74) is 2.33. The van der Waals surface area contributed by atoms with Crippen molar-refractivity contribution in [1.29, 1.82) is 0 Å². The monoisotopic (exact) mass is 345 g/mol. The van der Waals surface area contributed by atoms with Crippen LogP contribution in [0.25, 0.3) is 0 Å². The average molecular weight is 345 g/mol. The SMILES string of the molecule is CCN(CC)CCNC(=O)CC1CCC(=O)N1Cc1ccc(C)cc1. The van der Waals surface area contributed by atoms with Crippen LogP contribution in [0.1, 0.15) is 44.2 Å². The van der Waals surface area contributed by atoms with E-state index in [1.807, 2.05) is 4.90 Å². The Balaban J connectivity index is 1.84. The topological polar surface area (TPSA) is 52.7 Å². The van der Waals surface area contributed by atoms with E-state index in [4.69, 9.17) is 0 Å². The van der Waals surface area contributed by atoms with E-state index in [9.17, 15) is 9.59 Å². The molecular weight excluding hydrogens is 314 g/mol. The molecule has 1 aromatic rings. The van der Waals surface area contributed by atoms with Gasteiger partial charge in [-0.25, -0.2) is 0 Å². The molecule has 5 heteroatoms. The average Bonchev–Trinajstić information content (AvgIpc) is 2.94. The van der Waals surface area contributed by atoms with Crippen molar-refractivity contribution in [3.05, 3.63) is 35.4 Å². The van der Waals surface area contributed by atoms with Gasteiger partial charge in [-0.3, -0.25) is 9.59 Å². The smallest absolute Gasteiger partial charge is 0.223 e. The van der Waals surface area contributed by atoms with Crippen LogP contribution in [-0.4, -0.2) is 53.8 Å². The van der Waals surface area contributed by atoms with Crippen LogP contribution in [0.2, 0.25) is 0 Å². The summed E-state index contributed by atoms with van der Waals surface area (Å²) in [6, 6.07) is 8.25. The Morgan fingerprint density at radius 1 is 1.24 bits per heavy atom. The van der Waals surface area contributed by atoms with Crippen LogP contribution in [0.15, 0.2) is 24.3 Å². The quantitative estimate of drug-likeness (QED) is 0.747. The summed E-state index contributed by atoms with van der Waals surface area (Å²) in [4.78, 5) is 28.6. The first kappa shape index (κ1) is 19.4. The fourth-order valence-corrected chi connectivity index (χ4v) is 3.29. The molecule has 1 unspecified atom stereocenters. The Bertz CT molecular complexity index is 567. The Labute approximate surface area is 151 Å². The standard InChI is InChI=1S/C20H31N3O2/c1-4-22(5-2)13-12-21-19(24)14-18-10-11-20(25)23(18)15-17-8-6-16(3)7-9-17/h6-9,18H,4-5,10-15H2,1-3H3,(H,21,24). The van der Waals surface area contributed by atoms with Gasteiger partial charge in [-0.1, -0.05) is 43.7 Å². The molecule has 25 heavy (non-hydrogen) atoms. The highest BCUT2D eigenvalue weighted by Gasteiger charge is 2.32. The lowest BCUT2D eigenvalue weighted by molar-refractivity contribution is -0.130. The van der Waals surface area contributed by atoms with Gasteiger partial charge in [0.15, 0.2) is 0 Å². The maximum Gasteiger partial charge on any atom is 0.223 e. The molecule has 1 saturated heterocycles. The van der Waals surface area contributed by atoms with Crippen LogP contribution in [-0.2, 0) is 16.1 Å². The summed E-state index contributed by atoms with van der Waals surface area (Å²) >= 11 is 0. The first-order chi connectivity index (χ1) is 12.0. The second-order valence-electron chi connectivity index (χ2n) is 6.78. The number of carbonyl (C=O) groups is 2. The van der Waals surface area contributed by atoms with E-state index in [0.29, 0.717) is 25.9 Å². The van der Waals surface area contributed by atoms with Crippen molar-refractivity contribution in [2.75, 3.05) is 26.2 Å². The summed E-state index contributed by atoms with van der Waals surface area (Å²) in [6.45, 7) is 10.4. The van der Waals surface area contributed by atoms with Crippen LogP contribution in [0.3, 0.4) is 0 Å². The third kappa shape index (κ3) is 5.85. The van der Waals surface area contributed by atoms with Gasteiger partial charge in [0.1, 0.15) is 0 Å². The van der Waals surface area contributed by atoms with Crippen molar-refractivity contribution in [3.63, 3.8) is 0 Å². The Morgan fingerprint density at radius 3 is 2.56 bits per heavy atom. The van der Waals surface area contributed by atoms with Crippen LogP contribution < -0.4 is 5.32 Å². The molecule has 0 aromatic heterocycles. The molecule has 1 aliphatic rings. The highest BCUT2D eigenvalue weighted by atomic mass is 16.2. The van der Waals surface area contributed by atoms with E-state index in [2.05, 4.69) is 55.3 Å². The second kappa shape index (κ2) is 9.56. The largest absolute Gasteiger partial charge is 0.355 e. The molecule has 138 valence electrons. The molecule has 0 bridgehead atoms. The molecule has 0 saturated carbocycles. The molecule has 0 aliphatic carbocycles. The summed E-state index contributed by atoms with van der Waals surface area (Å²) in [7, 11) is 0. The number of hydrogen-bond acceptors (Lipinski definition) is 3. The minimum absolute atomic E-state index is 0.0160. The normalized spacial score (nSPS) is 17.4. The molecule has 0 spiro atoms. The number of nitrogens with zero attached hydrogens (tertiary/aromatic N) is 2. The number of likely N-dealkylation sites (N-methyl/N-ethyl adjacent to an activating group) is 1. The fourth-order valence-electron chi connectivity index (χ4n) is 3.29. The maximum absolute atomic E-state index is 12.2. The highest BCUT2D eigenvalue weighted by molar-refractivity contribution is 5.82. The molecule has 1 N–H and O–H groups in total. The first-order valence-corrected chi connectivity index (χ1v) is 9.37. The molecular formula is C20H31N3O2. The zero-order valence-corrected chi connectivity index (χ0v) is 15.8. The number of carbonyl (C=O) groups excluding carboxylic acids is 2. The van der Waals surface area contributed by atoms with E-state index >= 15 is 0 Å². The van der Waals surface area contributed by atoms with Gasteiger partial charge in [-0.15, -0.1) is 0 Å². The lowest BCUT2D eigenvalue weighted by atomic mass is 10.1. The molecule has 1 heterocycles. The molecule has 1 aromatic carbocycles. The predicted molar refractivity (Wildman–Crippen MR) is 100 cm³/mol. The summed E-state index contributed by atoms with van der Waals surface area (Å²) < 4.78 is 0. The van der Waals surface area contributed by atoms with Gasteiger partial charge in [0, 0.05) is 38.5 Å². The molecule has 1 atom stereocenters. The number of hydrogen-bond donors (Lipinski definition) is 1. The predicted octanol–water partition coefficient (Wildman–Crippen LogP) is 2.33. The van der Waals surface area contributed by atoms with Gasteiger partial charge in [0.05, 0.1) is 0 Å². The number of benzene rings is 1. The second-order valence-corrected chi connectivity index (χ2v) is 6.78. The molecule has 1 fully saturated rings. The summed E-state index contributed by atoms with van der Waals surface area (Å²) in [6.07, 6.45) is 1.72. The van der Waals surface area contributed by atoms with Crippen molar-refractivity contribution in [2.24, 2.45) is 0 Å². The van der Waals surface area contributed by atoms with Crippen molar-refractivity contribution >= 4 is 11.8 Å². The molecule has 2 rings (SSSR count). The van der Waals surface area contributed by atoms with Crippen molar-refractivity contribution < 1.29 is 9.59 Å². The zero-order valence-electron chi connectivity index (χ0n) is 15.8. The van der Waals surface area contributed by atoms with Crippen LogP contribution in [0.4, 0.5) is 0 Å². The van der Waals surface area contributed by atoms with Crippen molar-refractivity contribution in [3.8, 4) is 0 Å². The van der Waals surface area contributed by atoms with Gasteiger partial charge in [-0.05, 0) is 32.0 Å². The minimum atomic E-state index is 0.0160. The van der Waals surface area contributed by atoms with Crippen LogP contribution in [0.5, 0.6) is 0 Å². The highest BCUT2D eigenvalue weighted by Crippen LogP contribution is 2.24. The van der Waals surface area contributed by atoms with Gasteiger partial charge in [0.2, 0.25) is 11.8 Å². The zero-order chi connectivity index (χ0) is 18.2. The number of amides is 2. The third-order valence-electron chi connectivity index (χ3n) is 4.99. The lowest BCUT2D eigenvalue weighted by Gasteiger charge is -2.25. The van der Waals surface area contributed by atoms with Gasteiger partial charge >= 0.3 is 0 Å². The first-order valence-electron chi connectivity index (χ1n) is 9.37. The van der Waals surface area contributed by atoms with Gasteiger partial charge < -0.3 is 15.1 Å². The molecule has 5 nitrogen and oxygen atoms in total. The Hall–Kier alpha value is -1.88. The van der Waals surface area contributed by atoms with Crippen LogP contribution >= 0.6 is 0 Å². The summed E-state index contributed by atoms with van der Waals surface area (Å²) in [5.74, 6) is 0.197. The van der Waals surface area contributed by atoms with Crippen LogP contribution in [0, 0.1) is 6.92 Å². The molecule has 0 radical (unpaired) electrons. The Kier molecular flexibility index (Phi) is 7.44. The Morgan fingerprint density at radius 2 is 1.92 bits per heavy atom. The van der Waals surface area contributed by atoms with E-state index in [-0.39, 0.29) is 17.9 Å². The van der Waals surface area contributed by atoms with Gasteiger partial charge in [-0.2, -0.15) is 0 Å². The number of aryl methyl sites for hydroxylation is 1. The number of rotatable bonds is 9. The molecule has 1 aliphatic heterocycles. The summed E-state index contributed by atoms with van der Waals surface area (Å²) in [5, 5.41) is 3.00. The van der Waals surface area contributed by atoms with E-state index in [1.165, 1.54) is 5.56 Å². The number of likely N-dealkylation sites (tertiary alicyclic amines) is 1. The number of nitrogens with one attached hydrogen (secondary N) is 1. The van der Waals surface area contributed by atoms with Gasteiger partial charge in [0.25, 0.3) is 0 Å². The van der Waals surface area contributed by atoms with E-state index < -0.39 is 0 Å². The lowest BCUT2D eigenvalue weighted by Crippen LogP contribution is -2.39. The maximum atomic E-state index is 12.2. The molecule has 2 amide bonds. The van der Waals surface area contributed by atoms with Crippen molar-refractivity contribution in [2.45, 2.75) is 52.6 Å². The minimum Gasteiger partial charge on any atom is -0.355 e.